The SMILES string of the molecule is CC1CN(CCOc2ccc(Cl)cc2)CCC1N.Cl. The van der Waals surface area contributed by atoms with Crippen LogP contribution in [0.15, 0.2) is 24.3 Å². The Bertz CT molecular complexity index is 372. The Kier molecular flexibility index (Phi) is 6.94. The maximum atomic E-state index is 6.00. The predicted octanol–water partition coefficient (Wildman–Crippen LogP) is 2.81. The van der Waals surface area contributed by atoms with Crippen molar-refractivity contribution in [2.24, 2.45) is 11.7 Å². The molecule has 1 aromatic rings. The van der Waals surface area contributed by atoms with Crippen molar-refractivity contribution in [1.29, 1.82) is 0 Å². The Balaban J connectivity index is 0.00000180. The van der Waals surface area contributed by atoms with E-state index in [1.807, 2.05) is 24.3 Å². The van der Waals surface area contributed by atoms with Crippen molar-refractivity contribution in [2.75, 3.05) is 26.2 Å². The first kappa shape index (κ1) is 16.6. The molecule has 1 aromatic carbocycles. The van der Waals surface area contributed by atoms with Gasteiger partial charge in [0.2, 0.25) is 0 Å². The maximum absolute atomic E-state index is 6.00. The van der Waals surface area contributed by atoms with Gasteiger partial charge in [-0.2, -0.15) is 0 Å². The van der Waals surface area contributed by atoms with Crippen molar-refractivity contribution in [3.63, 3.8) is 0 Å². The van der Waals surface area contributed by atoms with E-state index < -0.39 is 0 Å². The minimum atomic E-state index is 0. The molecule has 0 radical (unpaired) electrons. The fourth-order valence-corrected chi connectivity index (χ4v) is 2.40. The van der Waals surface area contributed by atoms with Crippen LogP contribution in [-0.2, 0) is 0 Å². The number of benzene rings is 1. The van der Waals surface area contributed by atoms with Gasteiger partial charge >= 0.3 is 0 Å². The first-order chi connectivity index (χ1) is 8.65. The molecule has 3 nitrogen and oxygen atoms in total. The lowest BCUT2D eigenvalue weighted by atomic mass is 9.95. The van der Waals surface area contributed by atoms with Crippen molar-refractivity contribution >= 4 is 24.0 Å². The zero-order chi connectivity index (χ0) is 13.0. The number of hydrogen-bond acceptors (Lipinski definition) is 3. The molecule has 1 aliphatic rings. The van der Waals surface area contributed by atoms with Crippen LogP contribution in [0.25, 0.3) is 0 Å². The van der Waals surface area contributed by atoms with Gasteiger partial charge < -0.3 is 10.5 Å². The number of rotatable bonds is 4. The molecule has 1 aliphatic heterocycles. The summed E-state index contributed by atoms with van der Waals surface area (Å²) in [5.74, 6) is 1.45. The molecule has 1 fully saturated rings. The smallest absolute Gasteiger partial charge is 0.119 e. The lowest BCUT2D eigenvalue weighted by Crippen LogP contribution is -2.46. The molecule has 1 saturated heterocycles. The summed E-state index contributed by atoms with van der Waals surface area (Å²) in [6, 6.07) is 7.85. The van der Waals surface area contributed by atoms with Crippen LogP contribution >= 0.6 is 24.0 Å². The topological polar surface area (TPSA) is 38.5 Å². The first-order valence-electron chi connectivity index (χ1n) is 6.51. The minimum Gasteiger partial charge on any atom is -0.492 e. The largest absolute Gasteiger partial charge is 0.492 e. The minimum absolute atomic E-state index is 0. The van der Waals surface area contributed by atoms with E-state index in [9.17, 15) is 0 Å². The van der Waals surface area contributed by atoms with Crippen LogP contribution in [0.4, 0.5) is 0 Å². The van der Waals surface area contributed by atoms with E-state index in [1.165, 1.54) is 0 Å². The van der Waals surface area contributed by atoms with Crippen LogP contribution in [0.3, 0.4) is 0 Å². The Hall–Kier alpha value is -0.480. The Labute approximate surface area is 126 Å². The summed E-state index contributed by atoms with van der Waals surface area (Å²) in [5, 5.41) is 0.737. The summed E-state index contributed by atoms with van der Waals surface area (Å²) in [5.41, 5.74) is 6.00. The van der Waals surface area contributed by atoms with Crippen LogP contribution in [0.1, 0.15) is 13.3 Å². The van der Waals surface area contributed by atoms with Crippen LogP contribution < -0.4 is 10.5 Å². The van der Waals surface area contributed by atoms with Gasteiger partial charge in [0.05, 0.1) is 0 Å². The van der Waals surface area contributed by atoms with Gasteiger partial charge in [0.1, 0.15) is 12.4 Å². The average molecular weight is 305 g/mol. The summed E-state index contributed by atoms with van der Waals surface area (Å²) in [6.07, 6.45) is 1.09. The molecule has 2 unspecified atom stereocenters. The summed E-state index contributed by atoms with van der Waals surface area (Å²) in [7, 11) is 0. The van der Waals surface area contributed by atoms with Gasteiger partial charge in [0.25, 0.3) is 0 Å². The Morgan fingerprint density at radius 3 is 2.68 bits per heavy atom. The molecule has 0 amide bonds. The fourth-order valence-electron chi connectivity index (χ4n) is 2.28. The molecule has 19 heavy (non-hydrogen) atoms. The number of ether oxygens (including phenoxy) is 1. The van der Waals surface area contributed by atoms with Crippen LogP contribution in [0.2, 0.25) is 5.02 Å². The van der Waals surface area contributed by atoms with E-state index in [0.717, 1.165) is 36.8 Å². The zero-order valence-electron chi connectivity index (χ0n) is 11.2. The number of hydrogen-bond donors (Lipinski definition) is 1. The van der Waals surface area contributed by atoms with Gasteiger partial charge in [-0.1, -0.05) is 18.5 Å². The van der Waals surface area contributed by atoms with Crippen molar-refractivity contribution in [3.05, 3.63) is 29.3 Å². The summed E-state index contributed by atoms with van der Waals surface area (Å²) in [4.78, 5) is 2.42. The summed E-state index contributed by atoms with van der Waals surface area (Å²) >= 11 is 5.82. The van der Waals surface area contributed by atoms with E-state index in [4.69, 9.17) is 22.1 Å². The molecular formula is C14H22Cl2N2O. The van der Waals surface area contributed by atoms with Crippen molar-refractivity contribution in [2.45, 2.75) is 19.4 Å². The van der Waals surface area contributed by atoms with Gasteiger partial charge in [-0.25, -0.2) is 0 Å². The van der Waals surface area contributed by atoms with E-state index in [2.05, 4.69) is 11.8 Å². The predicted molar refractivity (Wildman–Crippen MR) is 82.4 cm³/mol. The maximum Gasteiger partial charge on any atom is 0.119 e. The third-order valence-corrected chi connectivity index (χ3v) is 3.80. The fraction of sp³-hybridized carbons (Fsp3) is 0.571. The molecule has 2 N–H and O–H groups in total. The van der Waals surface area contributed by atoms with Gasteiger partial charge in [-0.3, -0.25) is 4.90 Å². The van der Waals surface area contributed by atoms with Gasteiger partial charge in [-0.05, 0) is 43.1 Å². The summed E-state index contributed by atoms with van der Waals surface area (Å²) < 4.78 is 5.69. The zero-order valence-corrected chi connectivity index (χ0v) is 12.8. The van der Waals surface area contributed by atoms with E-state index >= 15 is 0 Å². The van der Waals surface area contributed by atoms with E-state index in [1.54, 1.807) is 0 Å². The quantitative estimate of drug-likeness (QED) is 0.929. The van der Waals surface area contributed by atoms with Crippen molar-refractivity contribution in [1.82, 2.24) is 4.90 Å². The Morgan fingerprint density at radius 1 is 1.37 bits per heavy atom. The highest BCUT2D eigenvalue weighted by molar-refractivity contribution is 6.30. The lowest BCUT2D eigenvalue weighted by molar-refractivity contribution is 0.140. The highest BCUT2D eigenvalue weighted by Gasteiger charge is 2.22. The van der Waals surface area contributed by atoms with Crippen LogP contribution in [0, 0.1) is 5.92 Å². The third kappa shape index (κ3) is 5.19. The molecule has 5 heteroatoms. The van der Waals surface area contributed by atoms with Crippen LogP contribution in [-0.4, -0.2) is 37.2 Å². The molecule has 108 valence electrons. The van der Waals surface area contributed by atoms with E-state index in [-0.39, 0.29) is 12.4 Å². The highest BCUT2D eigenvalue weighted by atomic mass is 35.5. The molecule has 1 heterocycles. The second-order valence-corrected chi connectivity index (χ2v) is 5.47. The average Bonchev–Trinajstić information content (AvgIpc) is 2.36. The van der Waals surface area contributed by atoms with Gasteiger partial charge in [0.15, 0.2) is 0 Å². The third-order valence-electron chi connectivity index (χ3n) is 3.55. The monoisotopic (exact) mass is 304 g/mol. The first-order valence-corrected chi connectivity index (χ1v) is 6.89. The second kappa shape index (κ2) is 7.95. The number of piperidine rings is 1. The number of halogens is 2. The molecule has 0 spiro atoms. The highest BCUT2D eigenvalue weighted by Crippen LogP contribution is 2.17. The molecule has 0 saturated carbocycles. The van der Waals surface area contributed by atoms with Gasteiger partial charge in [0, 0.05) is 24.2 Å². The number of nitrogens with zero attached hydrogens (tertiary/aromatic N) is 1. The van der Waals surface area contributed by atoms with Crippen molar-refractivity contribution < 1.29 is 4.74 Å². The van der Waals surface area contributed by atoms with E-state index in [0.29, 0.717) is 18.6 Å². The number of likely N-dealkylation sites (tertiary alicyclic amines) is 1. The molecular weight excluding hydrogens is 283 g/mol. The molecule has 0 aromatic heterocycles. The number of nitrogens with two attached hydrogens (primary N) is 1. The second-order valence-electron chi connectivity index (χ2n) is 5.03. The molecule has 0 aliphatic carbocycles. The Morgan fingerprint density at radius 2 is 2.05 bits per heavy atom. The van der Waals surface area contributed by atoms with Crippen LogP contribution in [0.5, 0.6) is 5.75 Å². The normalized spacial score (nSPS) is 23.7. The lowest BCUT2D eigenvalue weighted by Gasteiger charge is -2.34. The molecule has 2 rings (SSSR count). The summed E-state index contributed by atoms with van der Waals surface area (Å²) in [6.45, 7) is 6.04. The molecule has 0 bridgehead atoms. The molecule has 2 atom stereocenters. The van der Waals surface area contributed by atoms with Gasteiger partial charge in [-0.15, -0.1) is 12.4 Å². The standard InChI is InChI=1S/C14H21ClN2O.ClH/c1-11-10-17(7-6-14(11)16)8-9-18-13-4-2-12(15)3-5-13;/h2-5,11,14H,6-10,16H2,1H3;1H. The van der Waals surface area contributed by atoms with Crippen molar-refractivity contribution in [3.8, 4) is 5.75 Å².